The van der Waals surface area contributed by atoms with E-state index in [2.05, 4.69) is 0 Å². The number of hydrogen-bond donors (Lipinski definition) is 1. The van der Waals surface area contributed by atoms with Crippen molar-refractivity contribution in [2.45, 2.75) is 58.1 Å². The zero-order valence-electron chi connectivity index (χ0n) is 13.2. The maximum Gasteiger partial charge on any atom is 0.225 e. The summed E-state index contributed by atoms with van der Waals surface area (Å²) in [4.78, 5) is 14.0. The van der Waals surface area contributed by atoms with Gasteiger partial charge in [0.2, 0.25) is 5.91 Å². The highest BCUT2D eigenvalue weighted by Crippen LogP contribution is 2.25. The number of carbonyl (C=O) groups excluding carboxylic acids is 1. The number of nitrogens with zero attached hydrogens (tertiary/aromatic N) is 1. The molecule has 0 fully saturated rings. The van der Waals surface area contributed by atoms with Gasteiger partial charge < -0.3 is 10.0 Å². The molecular weight excluding hydrogens is 286 g/mol. The molecule has 0 saturated heterocycles. The van der Waals surface area contributed by atoms with Crippen LogP contribution in [0, 0.1) is 0 Å². The fourth-order valence-electron chi connectivity index (χ4n) is 2.62. The van der Waals surface area contributed by atoms with E-state index in [9.17, 15) is 9.90 Å². The molecule has 0 aliphatic carbocycles. The van der Waals surface area contributed by atoms with Crippen molar-refractivity contribution in [3.63, 3.8) is 0 Å². The van der Waals surface area contributed by atoms with Crippen molar-refractivity contribution >= 4 is 17.5 Å². The van der Waals surface area contributed by atoms with Gasteiger partial charge in [0.15, 0.2) is 0 Å². The molecule has 0 saturated carbocycles. The van der Waals surface area contributed by atoms with Gasteiger partial charge in [-0.1, -0.05) is 56.5 Å². The Labute approximate surface area is 132 Å². The summed E-state index contributed by atoms with van der Waals surface area (Å²) >= 11 is 6.12. The molecule has 1 rings (SSSR count). The van der Waals surface area contributed by atoms with Crippen LogP contribution in [-0.4, -0.2) is 28.6 Å². The van der Waals surface area contributed by atoms with E-state index in [1.807, 2.05) is 38.1 Å². The van der Waals surface area contributed by atoms with Gasteiger partial charge in [0.25, 0.3) is 0 Å². The summed E-state index contributed by atoms with van der Waals surface area (Å²) in [6, 6.07) is 7.51. The van der Waals surface area contributed by atoms with Crippen LogP contribution in [0.3, 0.4) is 0 Å². The van der Waals surface area contributed by atoms with Crippen LogP contribution in [0.15, 0.2) is 24.3 Å². The van der Waals surface area contributed by atoms with E-state index in [1.54, 1.807) is 11.9 Å². The summed E-state index contributed by atoms with van der Waals surface area (Å²) in [5, 5.41) is 11.2. The van der Waals surface area contributed by atoms with Gasteiger partial charge in [-0.15, -0.1) is 0 Å². The van der Waals surface area contributed by atoms with E-state index in [4.69, 9.17) is 11.6 Å². The molecule has 21 heavy (non-hydrogen) atoms. The smallest absolute Gasteiger partial charge is 0.225 e. The van der Waals surface area contributed by atoms with Crippen molar-refractivity contribution in [2.75, 3.05) is 7.05 Å². The van der Waals surface area contributed by atoms with Crippen LogP contribution in [0.25, 0.3) is 0 Å². The van der Waals surface area contributed by atoms with Gasteiger partial charge >= 0.3 is 0 Å². The fraction of sp³-hybridized carbons (Fsp3) is 0.588. The topological polar surface area (TPSA) is 40.5 Å². The van der Waals surface area contributed by atoms with Crippen molar-refractivity contribution in [2.24, 2.45) is 0 Å². The van der Waals surface area contributed by atoms with Crippen LogP contribution in [0.4, 0.5) is 0 Å². The van der Waals surface area contributed by atoms with Gasteiger partial charge in [0, 0.05) is 18.6 Å². The molecule has 0 atom stereocenters. The lowest BCUT2D eigenvalue weighted by Crippen LogP contribution is -2.37. The number of amides is 1. The lowest BCUT2D eigenvalue weighted by molar-refractivity contribution is -0.136. The number of aliphatic hydroxyl groups is 1. The van der Waals surface area contributed by atoms with Crippen molar-refractivity contribution in [3.8, 4) is 0 Å². The summed E-state index contributed by atoms with van der Waals surface area (Å²) in [5.74, 6) is -0.0423. The second-order valence-electron chi connectivity index (χ2n) is 5.74. The van der Waals surface area contributed by atoms with Gasteiger partial charge in [-0.3, -0.25) is 4.79 Å². The highest BCUT2D eigenvalue weighted by molar-refractivity contribution is 6.31. The van der Waals surface area contributed by atoms with Gasteiger partial charge in [0.1, 0.15) is 0 Å². The molecule has 0 aliphatic heterocycles. The quantitative estimate of drug-likeness (QED) is 0.787. The van der Waals surface area contributed by atoms with E-state index in [0.29, 0.717) is 24.4 Å². The van der Waals surface area contributed by atoms with Gasteiger partial charge in [-0.25, -0.2) is 0 Å². The third-order valence-corrected chi connectivity index (χ3v) is 4.07. The first-order chi connectivity index (χ1) is 9.91. The Hall–Kier alpha value is -1.06. The molecule has 1 aromatic carbocycles. The zero-order chi connectivity index (χ0) is 15.9. The molecule has 0 unspecified atom stereocenters. The second-order valence-corrected chi connectivity index (χ2v) is 6.15. The number of carbonyl (C=O) groups is 1. The summed E-state index contributed by atoms with van der Waals surface area (Å²) in [6.07, 6.45) is 3.24. The third-order valence-electron chi connectivity index (χ3n) is 3.70. The predicted molar refractivity (Wildman–Crippen MR) is 87.3 cm³/mol. The second kappa shape index (κ2) is 8.40. The van der Waals surface area contributed by atoms with Crippen LogP contribution < -0.4 is 0 Å². The normalized spacial score (nSPS) is 11.5. The van der Waals surface area contributed by atoms with Crippen molar-refractivity contribution in [3.05, 3.63) is 34.9 Å². The molecular formula is C17H26ClNO2. The minimum Gasteiger partial charge on any atom is -0.389 e. The Morgan fingerprint density at radius 1 is 1.24 bits per heavy atom. The van der Waals surface area contributed by atoms with Crippen molar-refractivity contribution < 1.29 is 9.90 Å². The fourth-order valence-corrected chi connectivity index (χ4v) is 2.81. The molecule has 1 aromatic rings. The monoisotopic (exact) mass is 311 g/mol. The van der Waals surface area contributed by atoms with Crippen LogP contribution in [0.1, 0.15) is 51.5 Å². The highest BCUT2D eigenvalue weighted by atomic mass is 35.5. The maximum absolute atomic E-state index is 12.3. The molecule has 0 aromatic heterocycles. The van der Waals surface area contributed by atoms with Crippen molar-refractivity contribution in [1.82, 2.24) is 4.90 Å². The van der Waals surface area contributed by atoms with Crippen molar-refractivity contribution in [1.29, 1.82) is 0 Å². The minimum absolute atomic E-state index is 0.0423. The Balaban J connectivity index is 2.67. The lowest BCUT2D eigenvalue weighted by atomic mass is 9.89. The number of rotatable bonds is 8. The average molecular weight is 312 g/mol. The largest absolute Gasteiger partial charge is 0.389 e. The van der Waals surface area contributed by atoms with Gasteiger partial charge in [-0.2, -0.15) is 0 Å². The summed E-state index contributed by atoms with van der Waals surface area (Å²) in [5.41, 5.74) is 0.0412. The number of halogens is 1. The SMILES string of the molecule is CCCC(O)(CCC)CC(=O)N(C)Cc1ccccc1Cl. The van der Waals surface area contributed by atoms with Crippen LogP contribution in [0.2, 0.25) is 5.02 Å². The molecule has 0 bridgehead atoms. The Kier molecular flexibility index (Phi) is 7.20. The molecule has 0 aliphatic rings. The van der Waals surface area contributed by atoms with Crippen LogP contribution >= 0.6 is 11.6 Å². The Morgan fingerprint density at radius 3 is 2.33 bits per heavy atom. The Morgan fingerprint density at radius 2 is 1.81 bits per heavy atom. The molecule has 0 spiro atoms. The van der Waals surface area contributed by atoms with E-state index >= 15 is 0 Å². The minimum atomic E-state index is -0.880. The Bertz CT molecular complexity index is 456. The van der Waals surface area contributed by atoms with E-state index < -0.39 is 5.60 Å². The van der Waals surface area contributed by atoms with E-state index in [-0.39, 0.29) is 12.3 Å². The first kappa shape index (κ1) is 18.0. The molecule has 3 nitrogen and oxygen atoms in total. The molecule has 4 heteroatoms. The molecule has 1 N–H and O–H groups in total. The lowest BCUT2D eigenvalue weighted by Gasteiger charge is -2.29. The van der Waals surface area contributed by atoms with E-state index in [0.717, 1.165) is 18.4 Å². The van der Waals surface area contributed by atoms with Gasteiger partial charge in [-0.05, 0) is 24.5 Å². The standard InChI is InChI=1S/C17H26ClNO2/c1-4-10-17(21,11-5-2)12-16(20)19(3)13-14-8-6-7-9-15(14)18/h6-9,21H,4-5,10-13H2,1-3H3. The van der Waals surface area contributed by atoms with E-state index in [1.165, 1.54) is 0 Å². The summed E-state index contributed by atoms with van der Waals surface area (Å²) in [6.45, 7) is 4.52. The van der Waals surface area contributed by atoms with Gasteiger partial charge in [0.05, 0.1) is 12.0 Å². The average Bonchev–Trinajstić information content (AvgIpc) is 2.41. The number of benzene rings is 1. The molecule has 0 radical (unpaired) electrons. The molecule has 1 amide bonds. The first-order valence-electron chi connectivity index (χ1n) is 7.61. The molecule has 0 heterocycles. The first-order valence-corrected chi connectivity index (χ1v) is 7.99. The van der Waals surface area contributed by atoms with Crippen LogP contribution in [-0.2, 0) is 11.3 Å². The van der Waals surface area contributed by atoms with Crippen LogP contribution in [0.5, 0.6) is 0 Å². The highest BCUT2D eigenvalue weighted by Gasteiger charge is 2.29. The number of hydrogen-bond acceptors (Lipinski definition) is 2. The summed E-state index contributed by atoms with van der Waals surface area (Å²) < 4.78 is 0. The maximum atomic E-state index is 12.3. The zero-order valence-corrected chi connectivity index (χ0v) is 14.0. The summed E-state index contributed by atoms with van der Waals surface area (Å²) in [7, 11) is 1.75. The third kappa shape index (κ3) is 5.68. The predicted octanol–water partition coefficient (Wildman–Crippen LogP) is 4.02. The molecule has 118 valence electrons.